The number of fused-ring (bicyclic) bond motifs is 1. The van der Waals surface area contributed by atoms with Crippen LogP contribution >= 0.6 is 11.6 Å². The molecule has 0 saturated heterocycles. The van der Waals surface area contributed by atoms with E-state index in [4.69, 9.17) is 11.6 Å². The zero-order valence-electron chi connectivity index (χ0n) is 10.5. The van der Waals surface area contributed by atoms with E-state index >= 15 is 0 Å². The van der Waals surface area contributed by atoms with Crippen molar-refractivity contribution in [3.63, 3.8) is 0 Å². The molecule has 2 aromatic carbocycles. The van der Waals surface area contributed by atoms with Gasteiger partial charge in [0, 0.05) is 0 Å². The van der Waals surface area contributed by atoms with Crippen LogP contribution in [0.5, 0.6) is 0 Å². The highest BCUT2D eigenvalue weighted by atomic mass is 35.5. The molecular weight excluding hydrogens is 228 g/mol. The van der Waals surface area contributed by atoms with Crippen molar-refractivity contribution < 1.29 is 0 Å². The summed E-state index contributed by atoms with van der Waals surface area (Å²) >= 11 is 6.56. The molecule has 0 bridgehead atoms. The van der Waals surface area contributed by atoms with E-state index in [1.165, 1.54) is 22.8 Å². The van der Waals surface area contributed by atoms with Crippen molar-refractivity contribution in [2.24, 2.45) is 5.92 Å². The van der Waals surface area contributed by atoms with Gasteiger partial charge in [-0.05, 0) is 28.7 Å². The van der Waals surface area contributed by atoms with Crippen molar-refractivity contribution in [3.05, 3.63) is 48.0 Å². The Bertz CT molecular complexity index is 484. The summed E-state index contributed by atoms with van der Waals surface area (Å²) in [6.45, 7) is 4.48. The van der Waals surface area contributed by atoms with Crippen LogP contribution in [0.15, 0.2) is 42.5 Å². The van der Waals surface area contributed by atoms with Gasteiger partial charge in [0.2, 0.25) is 0 Å². The molecule has 0 spiro atoms. The molecule has 17 heavy (non-hydrogen) atoms. The van der Waals surface area contributed by atoms with E-state index in [1.807, 2.05) is 0 Å². The summed E-state index contributed by atoms with van der Waals surface area (Å²) in [4.78, 5) is 0. The highest BCUT2D eigenvalue weighted by Crippen LogP contribution is 2.33. The van der Waals surface area contributed by atoms with Crippen molar-refractivity contribution in [3.8, 4) is 0 Å². The first-order chi connectivity index (χ1) is 8.22. The van der Waals surface area contributed by atoms with Gasteiger partial charge in [-0.3, -0.25) is 0 Å². The lowest BCUT2D eigenvalue weighted by Crippen LogP contribution is -1.99. The molecule has 0 aliphatic heterocycles. The second-order valence-corrected chi connectivity index (χ2v) is 5.31. The third kappa shape index (κ3) is 2.81. The molecule has 0 nitrogen and oxygen atoms in total. The fraction of sp³-hybridized carbons (Fsp3) is 0.375. The third-order valence-electron chi connectivity index (χ3n) is 3.47. The predicted octanol–water partition coefficient (Wildman–Crippen LogP) is 5.56. The van der Waals surface area contributed by atoms with Crippen LogP contribution in [0, 0.1) is 5.92 Å². The van der Waals surface area contributed by atoms with Gasteiger partial charge in [0.1, 0.15) is 0 Å². The van der Waals surface area contributed by atoms with E-state index < -0.39 is 0 Å². The molecule has 2 rings (SSSR count). The summed E-state index contributed by atoms with van der Waals surface area (Å²) in [6, 6.07) is 14.9. The van der Waals surface area contributed by atoms with Gasteiger partial charge < -0.3 is 0 Å². The second-order valence-electron chi connectivity index (χ2n) is 4.79. The van der Waals surface area contributed by atoms with Gasteiger partial charge in [-0.25, -0.2) is 0 Å². The van der Waals surface area contributed by atoms with Crippen LogP contribution < -0.4 is 0 Å². The summed E-state index contributed by atoms with van der Waals surface area (Å²) in [5.74, 6) is 0.677. The Hall–Kier alpha value is -1.01. The van der Waals surface area contributed by atoms with Crippen molar-refractivity contribution in [1.82, 2.24) is 0 Å². The van der Waals surface area contributed by atoms with E-state index in [1.54, 1.807) is 0 Å². The average molecular weight is 247 g/mol. The summed E-state index contributed by atoms with van der Waals surface area (Å²) in [6.07, 6.45) is 2.24. The average Bonchev–Trinajstić information content (AvgIpc) is 2.37. The van der Waals surface area contributed by atoms with Crippen molar-refractivity contribution in [2.45, 2.75) is 32.1 Å². The summed E-state index contributed by atoms with van der Waals surface area (Å²) < 4.78 is 0. The largest absolute Gasteiger partial charge is 0.118 e. The molecule has 0 amide bonds. The zero-order chi connectivity index (χ0) is 12.3. The SMILES string of the molecule is CCC(C)CC(Cl)c1cccc2ccccc12. The van der Waals surface area contributed by atoms with Gasteiger partial charge in [0.15, 0.2) is 0 Å². The van der Waals surface area contributed by atoms with Gasteiger partial charge in [-0.2, -0.15) is 0 Å². The van der Waals surface area contributed by atoms with Crippen LogP contribution in [0.25, 0.3) is 10.8 Å². The normalized spacial score (nSPS) is 14.8. The summed E-state index contributed by atoms with van der Waals surface area (Å²) in [5, 5.41) is 2.69. The molecule has 2 aromatic rings. The van der Waals surface area contributed by atoms with E-state index in [0.29, 0.717) is 5.92 Å². The van der Waals surface area contributed by atoms with Gasteiger partial charge in [-0.1, -0.05) is 62.7 Å². The van der Waals surface area contributed by atoms with E-state index in [9.17, 15) is 0 Å². The molecule has 0 aromatic heterocycles. The van der Waals surface area contributed by atoms with Crippen molar-refractivity contribution in [1.29, 1.82) is 0 Å². The number of benzene rings is 2. The summed E-state index contributed by atoms with van der Waals surface area (Å²) in [7, 11) is 0. The fourth-order valence-electron chi connectivity index (χ4n) is 2.17. The molecule has 0 aliphatic carbocycles. The highest BCUT2D eigenvalue weighted by molar-refractivity contribution is 6.21. The molecule has 0 fully saturated rings. The number of rotatable bonds is 4. The minimum absolute atomic E-state index is 0.121. The first kappa shape index (κ1) is 12.4. The molecule has 0 heterocycles. The maximum Gasteiger partial charge on any atom is 0.0593 e. The van der Waals surface area contributed by atoms with E-state index in [2.05, 4.69) is 56.3 Å². The van der Waals surface area contributed by atoms with E-state index in [0.717, 1.165) is 6.42 Å². The van der Waals surface area contributed by atoms with Crippen LogP contribution in [-0.2, 0) is 0 Å². The predicted molar refractivity (Wildman–Crippen MR) is 76.6 cm³/mol. The fourth-order valence-corrected chi connectivity index (χ4v) is 2.66. The smallest absolute Gasteiger partial charge is 0.0593 e. The van der Waals surface area contributed by atoms with Crippen LogP contribution in [0.1, 0.15) is 37.6 Å². The molecule has 0 radical (unpaired) electrons. The second kappa shape index (κ2) is 5.55. The van der Waals surface area contributed by atoms with Crippen molar-refractivity contribution in [2.75, 3.05) is 0 Å². The zero-order valence-corrected chi connectivity index (χ0v) is 11.2. The number of hydrogen-bond acceptors (Lipinski definition) is 0. The minimum atomic E-state index is 0.121. The van der Waals surface area contributed by atoms with Crippen molar-refractivity contribution >= 4 is 22.4 Å². The highest BCUT2D eigenvalue weighted by Gasteiger charge is 2.13. The first-order valence-electron chi connectivity index (χ1n) is 6.34. The standard InChI is InChI=1S/C16H19Cl/c1-3-12(2)11-16(17)15-10-6-8-13-7-4-5-9-14(13)15/h4-10,12,16H,3,11H2,1-2H3. The molecular formula is C16H19Cl. The minimum Gasteiger partial charge on any atom is -0.118 e. The molecule has 0 N–H and O–H groups in total. The maximum atomic E-state index is 6.56. The maximum absolute atomic E-state index is 6.56. The third-order valence-corrected chi connectivity index (χ3v) is 3.88. The Morgan fingerprint density at radius 3 is 2.53 bits per heavy atom. The molecule has 1 heteroatoms. The Morgan fingerprint density at radius 2 is 1.76 bits per heavy atom. The number of halogens is 1. The number of alkyl halides is 1. The lowest BCUT2D eigenvalue weighted by atomic mass is 9.95. The van der Waals surface area contributed by atoms with E-state index in [-0.39, 0.29) is 5.38 Å². The van der Waals surface area contributed by atoms with Crippen LogP contribution in [0.2, 0.25) is 0 Å². The Morgan fingerprint density at radius 1 is 1.06 bits per heavy atom. The molecule has 0 aliphatic rings. The monoisotopic (exact) mass is 246 g/mol. The first-order valence-corrected chi connectivity index (χ1v) is 6.77. The van der Waals surface area contributed by atoms with Crippen LogP contribution in [-0.4, -0.2) is 0 Å². The van der Waals surface area contributed by atoms with Crippen LogP contribution in [0.3, 0.4) is 0 Å². The summed E-state index contributed by atoms with van der Waals surface area (Å²) in [5.41, 5.74) is 1.27. The molecule has 0 saturated carbocycles. The molecule has 2 atom stereocenters. The lowest BCUT2D eigenvalue weighted by molar-refractivity contribution is 0.509. The molecule has 90 valence electrons. The van der Waals surface area contributed by atoms with Gasteiger partial charge in [0.05, 0.1) is 5.38 Å². The Labute approximate surface area is 109 Å². The van der Waals surface area contributed by atoms with Gasteiger partial charge in [0.25, 0.3) is 0 Å². The Kier molecular flexibility index (Phi) is 4.06. The van der Waals surface area contributed by atoms with Crippen LogP contribution in [0.4, 0.5) is 0 Å². The quantitative estimate of drug-likeness (QED) is 0.620. The van der Waals surface area contributed by atoms with Gasteiger partial charge in [-0.15, -0.1) is 11.6 Å². The molecule has 2 unspecified atom stereocenters. The van der Waals surface area contributed by atoms with Gasteiger partial charge >= 0.3 is 0 Å². The topological polar surface area (TPSA) is 0 Å². The number of hydrogen-bond donors (Lipinski definition) is 0. The lowest BCUT2D eigenvalue weighted by Gasteiger charge is -2.16. The Balaban J connectivity index is 2.34.